The van der Waals surface area contributed by atoms with E-state index in [4.69, 9.17) is 4.74 Å². The number of rotatable bonds is 61. The minimum atomic E-state index is -0.663. The predicted molar refractivity (Wildman–Crippen MR) is 306 cm³/mol. The van der Waals surface area contributed by atoms with E-state index in [0.29, 0.717) is 25.9 Å². The van der Waals surface area contributed by atoms with Crippen molar-refractivity contribution in [2.45, 2.75) is 386 Å². The predicted octanol–water partition coefficient (Wildman–Crippen LogP) is 20.3. The second kappa shape index (κ2) is 60.4. The topological polar surface area (TPSA) is 95.9 Å². The molecule has 6 heteroatoms. The monoisotopic (exact) mass is 990 g/mol. The van der Waals surface area contributed by atoms with Crippen molar-refractivity contribution in [1.82, 2.24) is 5.32 Å². The van der Waals surface area contributed by atoms with Crippen LogP contribution in [-0.4, -0.2) is 47.4 Å². The van der Waals surface area contributed by atoms with Crippen molar-refractivity contribution in [3.05, 3.63) is 0 Å². The summed E-state index contributed by atoms with van der Waals surface area (Å²) in [7, 11) is 0. The Morgan fingerprint density at radius 3 is 0.871 bits per heavy atom. The Morgan fingerprint density at radius 1 is 0.343 bits per heavy atom. The molecule has 0 aromatic rings. The Hall–Kier alpha value is -1.14. The molecular weight excluding hydrogens is 863 g/mol. The quantitative estimate of drug-likeness (QED) is 0.0417. The van der Waals surface area contributed by atoms with Crippen LogP contribution in [0.15, 0.2) is 0 Å². The second-order valence-electron chi connectivity index (χ2n) is 22.5. The average Bonchev–Trinajstić information content (AvgIpc) is 3.36. The van der Waals surface area contributed by atoms with Gasteiger partial charge < -0.3 is 20.3 Å². The van der Waals surface area contributed by atoms with E-state index >= 15 is 0 Å². The molecule has 1 amide bonds. The van der Waals surface area contributed by atoms with E-state index in [-0.39, 0.29) is 18.5 Å². The number of aliphatic hydroxyl groups excluding tert-OH is 2. The lowest BCUT2D eigenvalue weighted by Gasteiger charge is -2.22. The maximum absolute atomic E-state index is 12.5. The summed E-state index contributed by atoms with van der Waals surface area (Å²) in [6.45, 7) is 4.99. The number of carbonyl (C=O) groups excluding carboxylic acids is 2. The molecule has 0 radical (unpaired) electrons. The third-order valence-electron chi connectivity index (χ3n) is 15.4. The Labute approximate surface area is 438 Å². The molecular formula is C64H127NO5. The van der Waals surface area contributed by atoms with Crippen molar-refractivity contribution in [1.29, 1.82) is 0 Å². The van der Waals surface area contributed by atoms with Crippen LogP contribution >= 0.6 is 0 Å². The fourth-order valence-corrected chi connectivity index (χ4v) is 10.5. The van der Waals surface area contributed by atoms with E-state index in [1.54, 1.807) is 0 Å². The van der Waals surface area contributed by atoms with E-state index in [1.807, 2.05) is 0 Å². The summed E-state index contributed by atoms with van der Waals surface area (Å²) >= 11 is 0. The molecule has 0 heterocycles. The van der Waals surface area contributed by atoms with Gasteiger partial charge in [0.2, 0.25) is 5.91 Å². The van der Waals surface area contributed by atoms with Crippen molar-refractivity contribution in [2.24, 2.45) is 0 Å². The molecule has 0 aliphatic rings. The van der Waals surface area contributed by atoms with E-state index < -0.39 is 12.1 Å². The van der Waals surface area contributed by atoms with Crippen LogP contribution in [0.25, 0.3) is 0 Å². The first-order valence-electron chi connectivity index (χ1n) is 32.3. The molecule has 0 saturated heterocycles. The fourth-order valence-electron chi connectivity index (χ4n) is 10.5. The van der Waals surface area contributed by atoms with Crippen LogP contribution in [0.1, 0.15) is 373 Å². The summed E-state index contributed by atoms with van der Waals surface area (Å²) in [5, 5.41) is 23.4. The molecule has 3 N–H and O–H groups in total. The zero-order valence-electron chi connectivity index (χ0n) is 47.8. The smallest absolute Gasteiger partial charge is 0.305 e. The largest absolute Gasteiger partial charge is 0.466 e. The number of aliphatic hydroxyl groups is 2. The number of carbonyl (C=O) groups is 2. The van der Waals surface area contributed by atoms with Gasteiger partial charge in [0.25, 0.3) is 0 Å². The average molecular weight is 991 g/mol. The van der Waals surface area contributed by atoms with Crippen LogP contribution < -0.4 is 5.32 Å². The molecule has 6 nitrogen and oxygen atoms in total. The number of nitrogens with one attached hydrogen (secondary N) is 1. The van der Waals surface area contributed by atoms with Crippen LogP contribution in [0, 0.1) is 0 Å². The highest BCUT2D eigenvalue weighted by Gasteiger charge is 2.20. The molecule has 0 spiro atoms. The molecule has 0 aromatic heterocycles. The van der Waals surface area contributed by atoms with Crippen LogP contribution in [-0.2, 0) is 14.3 Å². The molecule has 0 aliphatic heterocycles. The SMILES string of the molecule is CCCCCCCCCCCCCCCCCCCCC(O)C(CO)NC(=O)CCCCCCCCCCCCCCCCCCCCCCCCOC(=O)CCCCCCCCCCCCCCC. The van der Waals surface area contributed by atoms with Crippen molar-refractivity contribution < 1.29 is 24.5 Å². The van der Waals surface area contributed by atoms with Gasteiger partial charge in [0.05, 0.1) is 25.4 Å². The van der Waals surface area contributed by atoms with E-state index in [0.717, 1.165) is 38.5 Å². The molecule has 418 valence electrons. The van der Waals surface area contributed by atoms with Gasteiger partial charge in [-0.05, 0) is 25.7 Å². The summed E-state index contributed by atoms with van der Waals surface area (Å²) in [4.78, 5) is 24.6. The van der Waals surface area contributed by atoms with Gasteiger partial charge in [0, 0.05) is 12.8 Å². The zero-order chi connectivity index (χ0) is 50.7. The number of ether oxygens (including phenoxy) is 1. The van der Waals surface area contributed by atoms with E-state index in [2.05, 4.69) is 19.2 Å². The summed E-state index contributed by atoms with van der Waals surface area (Å²) in [5.41, 5.74) is 0. The molecule has 2 unspecified atom stereocenters. The zero-order valence-corrected chi connectivity index (χ0v) is 47.8. The summed E-state index contributed by atoms with van der Waals surface area (Å²) < 4.78 is 5.48. The molecule has 0 aromatic carbocycles. The van der Waals surface area contributed by atoms with Gasteiger partial charge in [-0.2, -0.15) is 0 Å². The van der Waals surface area contributed by atoms with Crippen LogP contribution in [0.2, 0.25) is 0 Å². The van der Waals surface area contributed by atoms with E-state index in [9.17, 15) is 19.8 Å². The van der Waals surface area contributed by atoms with Crippen molar-refractivity contribution in [3.8, 4) is 0 Å². The molecule has 0 bridgehead atoms. The second-order valence-corrected chi connectivity index (χ2v) is 22.5. The van der Waals surface area contributed by atoms with Gasteiger partial charge >= 0.3 is 5.97 Å². The molecule has 0 saturated carbocycles. The Kier molecular flexibility index (Phi) is 59.4. The van der Waals surface area contributed by atoms with Crippen molar-refractivity contribution in [3.63, 3.8) is 0 Å². The van der Waals surface area contributed by atoms with Crippen LogP contribution in [0.4, 0.5) is 0 Å². The Bertz CT molecular complexity index is 1010. The lowest BCUT2D eigenvalue weighted by Crippen LogP contribution is -2.45. The normalized spacial score (nSPS) is 12.5. The maximum Gasteiger partial charge on any atom is 0.305 e. The van der Waals surface area contributed by atoms with Crippen LogP contribution in [0.3, 0.4) is 0 Å². The highest BCUT2D eigenvalue weighted by Crippen LogP contribution is 2.19. The molecule has 0 rings (SSSR count). The fraction of sp³-hybridized carbons (Fsp3) is 0.969. The highest BCUT2D eigenvalue weighted by molar-refractivity contribution is 5.76. The van der Waals surface area contributed by atoms with Gasteiger partial charge in [-0.25, -0.2) is 0 Å². The first-order valence-corrected chi connectivity index (χ1v) is 32.3. The minimum absolute atomic E-state index is 0.0160. The summed E-state index contributed by atoms with van der Waals surface area (Å²) in [6.07, 6.45) is 71.2. The highest BCUT2D eigenvalue weighted by atomic mass is 16.5. The Morgan fingerprint density at radius 2 is 0.586 bits per heavy atom. The van der Waals surface area contributed by atoms with Gasteiger partial charge in [0.1, 0.15) is 0 Å². The number of amides is 1. The first-order chi connectivity index (χ1) is 34.5. The first kappa shape index (κ1) is 68.9. The lowest BCUT2D eigenvalue weighted by molar-refractivity contribution is -0.143. The number of unbranched alkanes of at least 4 members (excludes halogenated alkanes) is 50. The molecule has 0 fully saturated rings. The molecule has 0 aliphatic carbocycles. The van der Waals surface area contributed by atoms with Gasteiger partial charge in [0.15, 0.2) is 0 Å². The molecule has 70 heavy (non-hydrogen) atoms. The number of hydrogen-bond acceptors (Lipinski definition) is 5. The third kappa shape index (κ3) is 56.2. The summed E-state index contributed by atoms with van der Waals surface area (Å²) in [5.74, 6) is -0.0149. The molecule has 2 atom stereocenters. The van der Waals surface area contributed by atoms with Gasteiger partial charge in [-0.15, -0.1) is 0 Å². The Balaban J connectivity index is 3.37. The van der Waals surface area contributed by atoms with Gasteiger partial charge in [-0.1, -0.05) is 335 Å². The van der Waals surface area contributed by atoms with Crippen molar-refractivity contribution in [2.75, 3.05) is 13.2 Å². The van der Waals surface area contributed by atoms with E-state index in [1.165, 1.54) is 302 Å². The maximum atomic E-state index is 12.5. The van der Waals surface area contributed by atoms with Crippen LogP contribution in [0.5, 0.6) is 0 Å². The minimum Gasteiger partial charge on any atom is -0.466 e. The number of esters is 1. The number of hydrogen-bond donors (Lipinski definition) is 3. The van der Waals surface area contributed by atoms with Gasteiger partial charge in [-0.3, -0.25) is 9.59 Å². The van der Waals surface area contributed by atoms with Crippen molar-refractivity contribution >= 4 is 11.9 Å². The third-order valence-corrected chi connectivity index (χ3v) is 15.4. The lowest BCUT2D eigenvalue weighted by atomic mass is 10.0. The standard InChI is InChI=1S/C64H127NO5/c1-3-5-7-9-11-13-15-17-18-19-26-29-33-36-40-44-48-52-56-62(67)61(60-66)65-63(68)57-53-49-45-41-37-34-30-27-24-22-20-21-23-25-28-31-35-39-43-47-51-55-59-70-64(69)58-54-50-46-42-38-32-16-14-12-10-8-6-4-2/h61-62,66-67H,3-60H2,1-2H3,(H,65,68). The summed E-state index contributed by atoms with van der Waals surface area (Å²) in [6, 6.07) is -0.541.